The molecule has 0 aliphatic heterocycles. The van der Waals surface area contributed by atoms with Crippen LogP contribution in [0.25, 0.3) is 0 Å². The molecule has 21 heavy (non-hydrogen) atoms. The molecule has 0 bridgehead atoms. The van der Waals surface area contributed by atoms with Crippen LogP contribution < -0.4 is 10.6 Å². The lowest BCUT2D eigenvalue weighted by molar-refractivity contribution is -0.139. The minimum atomic E-state index is -1.05. The van der Waals surface area contributed by atoms with E-state index < -0.39 is 18.0 Å². The van der Waals surface area contributed by atoms with Crippen LogP contribution in [0.5, 0.6) is 0 Å². The van der Waals surface area contributed by atoms with E-state index in [0.717, 1.165) is 10.4 Å². The highest BCUT2D eigenvalue weighted by Gasteiger charge is 2.20. The number of hydrogen-bond donors (Lipinski definition) is 3. The van der Waals surface area contributed by atoms with Crippen LogP contribution in [-0.2, 0) is 17.8 Å². The number of thiophene rings is 1. The maximum absolute atomic E-state index is 11.8. The molecule has 1 aromatic carbocycles. The minimum absolute atomic E-state index is 0.253. The van der Waals surface area contributed by atoms with Crippen molar-refractivity contribution < 1.29 is 14.7 Å². The van der Waals surface area contributed by atoms with Crippen LogP contribution in [0, 0.1) is 0 Å². The number of nitrogens with one attached hydrogen (secondary N) is 2. The highest BCUT2D eigenvalue weighted by molar-refractivity contribution is 7.09. The van der Waals surface area contributed by atoms with Gasteiger partial charge in [0.15, 0.2) is 0 Å². The Morgan fingerprint density at radius 2 is 1.90 bits per heavy atom. The van der Waals surface area contributed by atoms with Gasteiger partial charge in [0, 0.05) is 11.3 Å². The van der Waals surface area contributed by atoms with Crippen molar-refractivity contribution in [3.05, 3.63) is 58.3 Å². The first kappa shape index (κ1) is 15.1. The van der Waals surface area contributed by atoms with Crippen LogP contribution in [0.4, 0.5) is 4.79 Å². The van der Waals surface area contributed by atoms with Crippen LogP contribution >= 0.6 is 11.3 Å². The average molecular weight is 304 g/mol. The van der Waals surface area contributed by atoms with Crippen molar-refractivity contribution in [3.63, 3.8) is 0 Å². The van der Waals surface area contributed by atoms with Crippen molar-refractivity contribution in [2.45, 2.75) is 19.0 Å². The second-order valence-corrected chi connectivity index (χ2v) is 5.52. The second kappa shape index (κ2) is 7.44. The predicted molar refractivity (Wildman–Crippen MR) is 81.3 cm³/mol. The number of rotatable bonds is 6. The Morgan fingerprint density at radius 1 is 1.14 bits per heavy atom. The summed E-state index contributed by atoms with van der Waals surface area (Å²) in [6.07, 6.45) is 0.253. The molecule has 0 radical (unpaired) electrons. The molecule has 0 fully saturated rings. The van der Waals surface area contributed by atoms with E-state index in [-0.39, 0.29) is 6.42 Å². The predicted octanol–water partition coefficient (Wildman–Crippen LogP) is 2.24. The highest BCUT2D eigenvalue weighted by Crippen LogP contribution is 2.07. The Morgan fingerprint density at radius 3 is 2.52 bits per heavy atom. The summed E-state index contributed by atoms with van der Waals surface area (Å²) in [5.41, 5.74) is 0.864. The van der Waals surface area contributed by atoms with Gasteiger partial charge in [-0.25, -0.2) is 9.59 Å². The van der Waals surface area contributed by atoms with E-state index in [0.29, 0.717) is 6.54 Å². The Labute approximate surface area is 126 Å². The van der Waals surface area contributed by atoms with E-state index in [1.807, 2.05) is 47.8 Å². The van der Waals surface area contributed by atoms with Crippen molar-refractivity contribution in [3.8, 4) is 0 Å². The van der Waals surface area contributed by atoms with Crippen LogP contribution in [0.2, 0.25) is 0 Å². The molecule has 110 valence electrons. The van der Waals surface area contributed by atoms with Crippen molar-refractivity contribution in [1.29, 1.82) is 0 Å². The Bertz CT molecular complexity index is 584. The fourth-order valence-electron chi connectivity index (χ4n) is 1.84. The number of hydrogen-bond acceptors (Lipinski definition) is 3. The van der Waals surface area contributed by atoms with Gasteiger partial charge in [-0.05, 0) is 17.0 Å². The molecule has 2 rings (SSSR count). The molecule has 0 aliphatic carbocycles. The fraction of sp³-hybridized carbons (Fsp3) is 0.200. The zero-order valence-electron chi connectivity index (χ0n) is 11.3. The van der Waals surface area contributed by atoms with Gasteiger partial charge in [0.1, 0.15) is 6.04 Å². The number of benzene rings is 1. The van der Waals surface area contributed by atoms with Crippen LogP contribution in [0.3, 0.4) is 0 Å². The smallest absolute Gasteiger partial charge is 0.326 e. The molecule has 5 nitrogen and oxygen atoms in total. The van der Waals surface area contributed by atoms with Gasteiger partial charge in [-0.15, -0.1) is 11.3 Å². The van der Waals surface area contributed by atoms with Gasteiger partial charge in [-0.2, -0.15) is 0 Å². The summed E-state index contributed by atoms with van der Waals surface area (Å²) in [4.78, 5) is 24.0. The van der Waals surface area contributed by atoms with Crippen molar-refractivity contribution >= 4 is 23.3 Å². The quantitative estimate of drug-likeness (QED) is 0.766. The summed E-state index contributed by atoms with van der Waals surface area (Å²) in [5.74, 6) is -1.05. The number of amides is 2. The van der Waals surface area contributed by atoms with Crippen molar-refractivity contribution in [1.82, 2.24) is 10.6 Å². The number of carboxylic acid groups (broad SMARTS) is 1. The molecule has 0 saturated carbocycles. The molecule has 1 aromatic heterocycles. The third-order valence-electron chi connectivity index (χ3n) is 2.89. The molecule has 0 spiro atoms. The van der Waals surface area contributed by atoms with Gasteiger partial charge in [-0.3, -0.25) is 0 Å². The van der Waals surface area contributed by atoms with Crippen molar-refractivity contribution in [2.75, 3.05) is 0 Å². The normalized spacial score (nSPS) is 11.6. The molecule has 1 heterocycles. The van der Waals surface area contributed by atoms with Crippen LogP contribution in [-0.4, -0.2) is 23.1 Å². The molecule has 2 amide bonds. The lowest BCUT2D eigenvalue weighted by Crippen LogP contribution is -2.46. The van der Waals surface area contributed by atoms with E-state index in [9.17, 15) is 14.7 Å². The minimum Gasteiger partial charge on any atom is -0.480 e. The third-order valence-corrected chi connectivity index (χ3v) is 3.77. The van der Waals surface area contributed by atoms with Crippen LogP contribution in [0.15, 0.2) is 47.8 Å². The topological polar surface area (TPSA) is 78.4 Å². The van der Waals surface area contributed by atoms with Gasteiger partial charge in [0.05, 0.1) is 6.54 Å². The summed E-state index contributed by atoms with van der Waals surface area (Å²) in [6, 6.07) is 11.6. The summed E-state index contributed by atoms with van der Waals surface area (Å²) in [7, 11) is 0. The lowest BCUT2D eigenvalue weighted by atomic mass is 10.1. The maximum Gasteiger partial charge on any atom is 0.326 e. The first-order chi connectivity index (χ1) is 10.1. The van der Waals surface area contributed by atoms with E-state index in [4.69, 9.17) is 0 Å². The molecule has 0 unspecified atom stereocenters. The Hall–Kier alpha value is -2.34. The molecule has 1 atom stereocenters. The summed E-state index contributed by atoms with van der Waals surface area (Å²) >= 11 is 1.53. The zero-order chi connectivity index (χ0) is 15.1. The summed E-state index contributed by atoms with van der Waals surface area (Å²) in [6.45, 7) is 0.390. The average Bonchev–Trinajstić information content (AvgIpc) is 2.99. The van der Waals surface area contributed by atoms with Crippen LogP contribution in [0.1, 0.15) is 10.4 Å². The van der Waals surface area contributed by atoms with E-state index >= 15 is 0 Å². The van der Waals surface area contributed by atoms with Gasteiger partial charge in [0.2, 0.25) is 0 Å². The Balaban J connectivity index is 1.87. The summed E-state index contributed by atoms with van der Waals surface area (Å²) < 4.78 is 0. The standard InChI is InChI=1S/C15H16N2O3S/c18-14(19)13(9-11-5-2-1-3-6-11)17-15(20)16-10-12-7-4-8-21-12/h1-8,13H,9-10H2,(H,18,19)(H2,16,17,20)/t13-/m1/s1. The molecule has 0 saturated heterocycles. The molecule has 6 heteroatoms. The Kier molecular flexibility index (Phi) is 5.34. The number of aliphatic carboxylic acids is 1. The first-order valence-corrected chi connectivity index (χ1v) is 7.36. The first-order valence-electron chi connectivity index (χ1n) is 6.48. The second-order valence-electron chi connectivity index (χ2n) is 4.49. The summed E-state index contributed by atoms with van der Waals surface area (Å²) in [5, 5.41) is 16.3. The van der Waals surface area contributed by atoms with E-state index in [2.05, 4.69) is 10.6 Å². The monoisotopic (exact) mass is 304 g/mol. The highest BCUT2D eigenvalue weighted by atomic mass is 32.1. The lowest BCUT2D eigenvalue weighted by Gasteiger charge is -2.15. The fourth-order valence-corrected chi connectivity index (χ4v) is 2.48. The third kappa shape index (κ3) is 4.92. The molecule has 3 N–H and O–H groups in total. The molecule has 0 aliphatic rings. The van der Waals surface area contributed by atoms with E-state index in [1.165, 1.54) is 11.3 Å². The van der Waals surface area contributed by atoms with Gasteiger partial charge < -0.3 is 15.7 Å². The largest absolute Gasteiger partial charge is 0.480 e. The van der Waals surface area contributed by atoms with Gasteiger partial charge in [-0.1, -0.05) is 36.4 Å². The number of carboxylic acids is 1. The van der Waals surface area contributed by atoms with Crippen molar-refractivity contribution in [2.24, 2.45) is 0 Å². The molecular formula is C15H16N2O3S. The van der Waals surface area contributed by atoms with Gasteiger partial charge in [0.25, 0.3) is 0 Å². The molecule has 2 aromatic rings. The number of urea groups is 1. The van der Waals surface area contributed by atoms with E-state index in [1.54, 1.807) is 0 Å². The SMILES string of the molecule is O=C(NCc1cccs1)N[C@H](Cc1ccccc1)C(=O)O. The zero-order valence-corrected chi connectivity index (χ0v) is 12.1. The number of carbonyl (C=O) groups excluding carboxylic acids is 1. The maximum atomic E-state index is 11.8. The van der Waals surface area contributed by atoms with Gasteiger partial charge >= 0.3 is 12.0 Å². The molecular weight excluding hydrogens is 288 g/mol. The number of carbonyl (C=O) groups is 2.